The van der Waals surface area contributed by atoms with Crippen LogP contribution in [0.4, 0.5) is 0 Å². The number of benzene rings is 2. The minimum atomic E-state index is -1.11. The Morgan fingerprint density at radius 1 is 1.03 bits per heavy atom. The average Bonchev–Trinajstić information content (AvgIpc) is 3.51. The Bertz CT molecular complexity index is 1820. The molecule has 0 saturated carbocycles. The lowest BCUT2D eigenvalue weighted by Gasteiger charge is -2.15. The molecule has 0 saturated heterocycles. The summed E-state index contributed by atoms with van der Waals surface area (Å²) < 4.78 is 11.9. The number of para-hydroxylation sites is 1. The summed E-state index contributed by atoms with van der Waals surface area (Å²) in [5, 5.41) is 15.2. The van der Waals surface area contributed by atoms with Crippen LogP contribution >= 0.6 is 0 Å². The number of fused-ring (bicyclic) bond motifs is 5. The van der Waals surface area contributed by atoms with E-state index in [0.717, 1.165) is 75.4 Å². The highest BCUT2D eigenvalue weighted by molar-refractivity contribution is 6.00. The number of aromatic amines is 1. The molecule has 8 heteroatoms. The summed E-state index contributed by atoms with van der Waals surface area (Å²) in [5.41, 5.74) is 5.77. The van der Waals surface area contributed by atoms with Crippen molar-refractivity contribution in [2.24, 2.45) is 0 Å². The first kappa shape index (κ1) is 25.0. The van der Waals surface area contributed by atoms with Crippen molar-refractivity contribution in [1.82, 2.24) is 10.3 Å². The molecule has 0 bridgehead atoms. The highest BCUT2D eigenvalue weighted by atomic mass is 16.4. The molecule has 1 aliphatic rings. The zero-order valence-electron chi connectivity index (χ0n) is 22.0. The van der Waals surface area contributed by atoms with E-state index in [-0.39, 0.29) is 19.3 Å². The Labute approximate surface area is 224 Å². The van der Waals surface area contributed by atoms with Gasteiger partial charge in [0.1, 0.15) is 23.0 Å². The third kappa shape index (κ3) is 4.39. The molecule has 1 atom stereocenters. The molecule has 39 heavy (non-hydrogen) atoms. The Kier molecular flexibility index (Phi) is 6.25. The quantitative estimate of drug-likeness (QED) is 0.248. The number of amides is 1. The molecule has 2 aromatic carbocycles. The molecule has 0 spiro atoms. The first-order valence-corrected chi connectivity index (χ1v) is 13.4. The van der Waals surface area contributed by atoms with Gasteiger partial charge in [-0.05, 0) is 62.8 Å². The van der Waals surface area contributed by atoms with E-state index in [4.69, 9.17) is 8.83 Å². The summed E-state index contributed by atoms with van der Waals surface area (Å²) in [6.45, 7) is 3.79. The number of nitrogens with one attached hydrogen (secondary N) is 2. The van der Waals surface area contributed by atoms with Gasteiger partial charge in [-0.25, -0.2) is 9.59 Å². The van der Waals surface area contributed by atoms with E-state index in [1.807, 2.05) is 38.1 Å². The summed E-state index contributed by atoms with van der Waals surface area (Å²) in [7, 11) is 0. The molecule has 3 aromatic heterocycles. The van der Waals surface area contributed by atoms with Crippen LogP contribution in [0.25, 0.3) is 32.8 Å². The van der Waals surface area contributed by atoms with E-state index in [1.165, 1.54) is 5.56 Å². The molecular formula is C31H30N2O6. The van der Waals surface area contributed by atoms with Crippen LogP contribution in [0.1, 0.15) is 52.8 Å². The fourth-order valence-corrected chi connectivity index (χ4v) is 5.93. The third-order valence-corrected chi connectivity index (χ3v) is 8.06. The molecule has 5 aromatic rings. The molecule has 3 N–H and O–H groups in total. The summed E-state index contributed by atoms with van der Waals surface area (Å²) in [6.07, 6.45) is 6.15. The summed E-state index contributed by atoms with van der Waals surface area (Å²) in [4.78, 5) is 40.9. The fraction of sp³-hybridized carbons (Fsp3) is 0.323. The average molecular weight is 527 g/mol. The van der Waals surface area contributed by atoms with Crippen molar-refractivity contribution in [1.29, 1.82) is 0 Å². The van der Waals surface area contributed by atoms with Gasteiger partial charge in [0.2, 0.25) is 5.91 Å². The maximum atomic E-state index is 13.0. The van der Waals surface area contributed by atoms with Crippen molar-refractivity contribution in [3.05, 3.63) is 80.5 Å². The van der Waals surface area contributed by atoms with Gasteiger partial charge < -0.3 is 24.2 Å². The number of carbonyl (C=O) groups excluding carboxylic acids is 1. The predicted molar refractivity (Wildman–Crippen MR) is 148 cm³/mol. The second-order valence-corrected chi connectivity index (χ2v) is 10.5. The van der Waals surface area contributed by atoms with Crippen LogP contribution in [0.15, 0.2) is 50.2 Å². The number of rotatable bonds is 7. The molecular weight excluding hydrogens is 496 g/mol. The summed E-state index contributed by atoms with van der Waals surface area (Å²) in [6, 6.07) is 8.58. The van der Waals surface area contributed by atoms with Crippen molar-refractivity contribution in [2.45, 2.75) is 64.8 Å². The van der Waals surface area contributed by atoms with Gasteiger partial charge in [0.15, 0.2) is 0 Å². The van der Waals surface area contributed by atoms with Crippen LogP contribution in [0.3, 0.4) is 0 Å². The predicted octanol–water partition coefficient (Wildman–Crippen LogP) is 5.26. The van der Waals surface area contributed by atoms with Crippen LogP contribution in [-0.4, -0.2) is 28.0 Å². The Morgan fingerprint density at radius 3 is 2.62 bits per heavy atom. The van der Waals surface area contributed by atoms with Crippen molar-refractivity contribution in [3.63, 3.8) is 0 Å². The SMILES string of the molecule is Cc1c(CCC(=O)N[C@@H](Cc2c[nH]c3ccccc23)C(=O)O)c(=O)oc2c(C)c3oc4c(c3cc12)CCCC4. The minimum absolute atomic E-state index is 0.0306. The fourth-order valence-electron chi connectivity index (χ4n) is 5.93. The van der Waals surface area contributed by atoms with E-state index in [9.17, 15) is 19.5 Å². The molecule has 0 unspecified atom stereocenters. The highest BCUT2D eigenvalue weighted by Crippen LogP contribution is 2.38. The highest BCUT2D eigenvalue weighted by Gasteiger charge is 2.25. The number of aliphatic carboxylic acids is 1. The number of carboxylic acids is 1. The van der Waals surface area contributed by atoms with Gasteiger partial charge in [-0.3, -0.25) is 4.79 Å². The number of H-pyrrole nitrogens is 1. The zero-order chi connectivity index (χ0) is 27.3. The van der Waals surface area contributed by atoms with Gasteiger partial charge in [0.25, 0.3) is 0 Å². The zero-order valence-corrected chi connectivity index (χ0v) is 22.0. The van der Waals surface area contributed by atoms with Crippen LogP contribution in [0, 0.1) is 13.8 Å². The van der Waals surface area contributed by atoms with Crippen LogP contribution in [0.2, 0.25) is 0 Å². The van der Waals surface area contributed by atoms with Crippen LogP contribution in [0.5, 0.6) is 0 Å². The number of furan rings is 1. The van der Waals surface area contributed by atoms with Gasteiger partial charge in [-0.2, -0.15) is 0 Å². The van der Waals surface area contributed by atoms with Gasteiger partial charge in [0.05, 0.1) is 0 Å². The van der Waals surface area contributed by atoms with Crippen molar-refractivity contribution >= 4 is 44.7 Å². The first-order chi connectivity index (χ1) is 18.8. The molecule has 0 radical (unpaired) electrons. The normalized spacial score (nSPS) is 14.1. The Hall–Kier alpha value is -4.33. The lowest BCUT2D eigenvalue weighted by atomic mass is 9.93. The van der Waals surface area contributed by atoms with Crippen molar-refractivity contribution in [3.8, 4) is 0 Å². The molecule has 1 amide bonds. The molecule has 200 valence electrons. The molecule has 0 fully saturated rings. The number of hydrogen-bond donors (Lipinski definition) is 3. The van der Waals surface area contributed by atoms with Crippen LogP contribution in [-0.2, 0) is 35.3 Å². The first-order valence-electron chi connectivity index (χ1n) is 13.4. The summed E-state index contributed by atoms with van der Waals surface area (Å²) in [5.74, 6) is -0.526. The van der Waals surface area contributed by atoms with Crippen molar-refractivity contribution < 1.29 is 23.5 Å². The van der Waals surface area contributed by atoms with Gasteiger partial charge >= 0.3 is 11.6 Å². The number of aromatic nitrogens is 1. The number of carbonyl (C=O) groups is 2. The number of aryl methyl sites for hydroxylation is 4. The third-order valence-electron chi connectivity index (χ3n) is 8.06. The second kappa shape index (κ2) is 9.76. The molecule has 3 heterocycles. The van der Waals surface area contributed by atoms with Gasteiger partial charge in [-0.1, -0.05) is 18.2 Å². The maximum absolute atomic E-state index is 13.0. The molecule has 8 nitrogen and oxygen atoms in total. The Balaban J connectivity index is 1.24. The molecule has 6 rings (SSSR count). The minimum Gasteiger partial charge on any atom is -0.480 e. The number of carboxylic acid groups (broad SMARTS) is 1. The smallest absolute Gasteiger partial charge is 0.339 e. The lowest BCUT2D eigenvalue weighted by Crippen LogP contribution is -2.42. The molecule has 1 aliphatic carbocycles. The monoisotopic (exact) mass is 526 g/mol. The Morgan fingerprint density at radius 2 is 1.79 bits per heavy atom. The van der Waals surface area contributed by atoms with Gasteiger partial charge in [-0.15, -0.1) is 0 Å². The second-order valence-electron chi connectivity index (χ2n) is 10.5. The van der Waals surface area contributed by atoms with Crippen LogP contribution < -0.4 is 10.9 Å². The number of hydrogen-bond acceptors (Lipinski definition) is 5. The van der Waals surface area contributed by atoms with Crippen molar-refractivity contribution in [2.75, 3.05) is 0 Å². The largest absolute Gasteiger partial charge is 0.480 e. The summed E-state index contributed by atoms with van der Waals surface area (Å²) >= 11 is 0. The maximum Gasteiger partial charge on any atom is 0.339 e. The topological polar surface area (TPSA) is 126 Å². The van der Waals surface area contributed by atoms with E-state index in [2.05, 4.69) is 16.4 Å². The molecule has 0 aliphatic heterocycles. The van der Waals surface area contributed by atoms with E-state index in [0.29, 0.717) is 11.1 Å². The van der Waals surface area contributed by atoms with E-state index >= 15 is 0 Å². The standard InChI is InChI=1S/C31H30N2O6/c1-16-19(11-12-27(34)33-25(30(35)36)13-18-15-32-24-9-5-3-7-20(18)24)31(37)39-28-17(2)29-23(14-22(16)28)21-8-4-6-10-26(21)38-29/h3,5,7,9,14-15,25,32H,4,6,8,10-13H2,1-2H3,(H,33,34)(H,35,36)/t25-/m0/s1. The van der Waals surface area contributed by atoms with Gasteiger partial charge in [0, 0.05) is 63.8 Å². The van der Waals surface area contributed by atoms with E-state index < -0.39 is 23.5 Å². The lowest BCUT2D eigenvalue weighted by molar-refractivity contribution is -0.141. The van der Waals surface area contributed by atoms with E-state index in [1.54, 1.807) is 6.20 Å².